The largest absolute Gasteiger partial charge is 0.496 e. The monoisotopic (exact) mass is 259 g/mol. The lowest BCUT2D eigenvalue weighted by molar-refractivity contribution is 0.210. The third-order valence-corrected chi connectivity index (χ3v) is 2.76. The van der Waals surface area contributed by atoms with Crippen molar-refractivity contribution in [1.29, 1.82) is 0 Å². The molecule has 0 aromatic heterocycles. The Hall–Kier alpha value is -0.580. The van der Waals surface area contributed by atoms with Gasteiger partial charge in [-0.1, -0.05) is 6.07 Å². The summed E-state index contributed by atoms with van der Waals surface area (Å²) in [5, 5.41) is 9.09. The highest BCUT2D eigenvalue weighted by Gasteiger charge is 2.20. The van der Waals surface area contributed by atoms with Gasteiger partial charge >= 0.3 is 0 Å². The average molecular weight is 260 g/mol. The van der Waals surface area contributed by atoms with Crippen molar-refractivity contribution in [1.82, 2.24) is 0 Å². The lowest BCUT2D eigenvalue weighted by atomic mass is 9.94. The average Bonchev–Trinajstić information content (AvgIpc) is 2.17. The first-order chi connectivity index (χ1) is 6.51. The number of hydrogen-bond acceptors (Lipinski definition) is 3. The summed E-state index contributed by atoms with van der Waals surface area (Å²) in [6.45, 7) is 1.69. The summed E-state index contributed by atoms with van der Waals surface area (Å²) in [5.41, 5.74) is 6.04. The SMILES string of the molecule is COc1ccc([C@@](C)(N)CO)cc1Br. The Morgan fingerprint density at radius 1 is 1.57 bits per heavy atom. The maximum Gasteiger partial charge on any atom is 0.133 e. The first kappa shape index (κ1) is 11.5. The van der Waals surface area contributed by atoms with Crippen LogP contribution in [0.5, 0.6) is 5.75 Å². The van der Waals surface area contributed by atoms with Gasteiger partial charge in [-0.15, -0.1) is 0 Å². The minimum atomic E-state index is -0.714. The maximum atomic E-state index is 9.09. The normalized spacial score (nSPS) is 14.9. The van der Waals surface area contributed by atoms with Gasteiger partial charge in [0.2, 0.25) is 0 Å². The molecule has 0 aliphatic heterocycles. The van der Waals surface area contributed by atoms with Gasteiger partial charge in [-0.2, -0.15) is 0 Å². The topological polar surface area (TPSA) is 55.5 Å². The second-order valence-electron chi connectivity index (χ2n) is 3.42. The molecule has 0 saturated carbocycles. The van der Waals surface area contributed by atoms with Gasteiger partial charge in [0.1, 0.15) is 5.75 Å². The second kappa shape index (κ2) is 4.29. The van der Waals surface area contributed by atoms with E-state index in [9.17, 15) is 0 Å². The highest BCUT2D eigenvalue weighted by Crippen LogP contribution is 2.29. The van der Waals surface area contributed by atoms with E-state index in [1.54, 1.807) is 14.0 Å². The van der Waals surface area contributed by atoms with Crippen molar-refractivity contribution in [2.45, 2.75) is 12.5 Å². The van der Waals surface area contributed by atoms with E-state index in [2.05, 4.69) is 15.9 Å². The maximum absolute atomic E-state index is 9.09. The molecule has 0 bridgehead atoms. The fraction of sp³-hybridized carbons (Fsp3) is 0.400. The highest BCUT2D eigenvalue weighted by molar-refractivity contribution is 9.10. The zero-order valence-electron chi connectivity index (χ0n) is 8.25. The zero-order chi connectivity index (χ0) is 10.8. The number of hydrogen-bond donors (Lipinski definition) is 2. The van der Waals surface area contributed by atoms with Crippen LogP contribution in [0.3, 0.4) is 0 Å². The third-order valence-electron chi connectivity index (χ3n) is 2.14. The molecule has 0 aliphatic carbocycles. The summed E-state index contributed by atoms with van der Waals surface area (Å²) < 4.78 is 5.93. The number of methoxy groups -OCH3 is 1. The Bertz CT molecular complexity index is 326. The van der Waals surface area contributed by atoms with E-state index in [1.807, 2.05) is 18.2 Å². The molecule has 4 heteroatoms. The molecule has 0 aliphatic rings. The summed E-state index contributed by atoms with van der Waals surface area (Å²) >= 11 is 3.37. The van der Waals surface area contributed by atoms with Crippen LogP contribution in [0.15, 0.2) is 22.7 Å². The number of rotatable bonds is 3. The van der Waals surface area contributed by atoms with E-state index in [0.717, 1.165) is 15.8 Å². The lowest BCUT2D eigenvalue weighted by Crippen LogP contribution is -2.36. The number of nitrogens with two attached hydrogens (primary N) is 1. The van der Waals surface area contributed by atoms with E-state index in [4.69, 9.17) is 15.6 Å². The van der Waals surface area contributed by atoms with Gasteiger partial charge in [-0.3, -0.25) is 0 Å². The van der Waals surface area contributed by atoms with Crippen molar-refractivity contribution in [3.63, 3.8) is 0 Å². The Labute approximate surface area is 92.0 Å². The molecule has 1 atom stereocenters. The molecule has 78 valence electrons. The fourth-order valence-electron chi connectivity index (χ4n) is 1.11. The van der Waals surface area contributed by atoms with E-state index in [0.29, 0.717) is 0 Å². The highest BCUT2D eigenvalue weighted by atomic mass is 79.9. The number of aliphatic hydroxyl groups excluding tert-OH is 1. The number of ether oxygens (including phenoxy) is 1. The van der Waals surface area contributed by atoms with Gasteiger partial charge in [0.15, 0.2) is 0 Å². The first-order valence-corrected chi connectivity index (χ1v) is 5.04. The molecule has 0 fully saturated rings. The fourth-order valence-corrected chi connectivity index (χ4v) is 1.65. The van der Waals surface area contributed by atoms with E-state index >= 15 is 0 Å². The molecule has 1 aromatic rings. The van der Waals surface area contributed by atoms with Crippen molar-refractivity contribution in [2.24, 2.45) is 5.73 Å². The zero-order valence-corrected chi connectivity index (χ0v) is 9.84. The molecule has 0 radical (unpaired) electrons. The molecule has 0 unspecified atom stereocenters. The van der Waals surface area contributed by atoms with E-state index in [-0.39, 0.29) is 6.61 Å². The summed E-state index contributed by atoms with van der Waals surface area (Å²) in [6.07, 6.45) is 0. The van der Waals surface area contributed by atoms with Crippen LogP contribution in [0, 0.1) is 0 Å². The summed E-state index contributed by atoms with van der Waals surface area (Å²) in [6, 6.07) is 5.52. The molecule has 14 heavy (non-hydrogen) atoms. The van der Waals surface area contributed by atoms with Crippen molar-refractivity contribution in [3.8, 4) is 5.75 Å². The summed E-state index contributed by atoms with van der Waals surface area (Å²) in [4.78, 5) is 0. The smallest absolute Gasteiger partial charge is 0.133 e. The molecule has 0 amide bonds. The Balaban J connectivity index is 3.08. The minimum Gasteiger partial charge on any atom is -0.496 e. The van der Waals surface area contributed by atoms with Gasteiger partial charge in [-0.25, -0.2) is 0 Å². The molecule has 1 rings (SSSR count). The van der Waals surface area contributed by atoms with Crippen LogP contribution in [-0.4, -0.2) is 18.8 Å². The molecule has 0 spiro atoms. The van der Waals surface area contributed by atoms with Gasteiger partial charge in [0, 0.05) is 0 Å². The van der Waals surface area contributed by atoms with Crippen molar-refractivity contribution >= 4 is 15.9 Å². The van der Waals surface area contributed by atoms with E-state index < -0.39 is 5.54 Å². The molecular weight excluding hydrogens is 246 g/mol. The molecule has 3 nitrogen and oxygen atoms in total. The van der Waals surface area contributed by atoms with Crippen molar-refractivity contribution < 1.29 is 9.84 Å². The van der Waals surface area contributed by atoms with Crippen LogP contribution < -0.4 is 10.5 Å². The van der Waals surface area contributed by atoms with E-state index in [1.165, 1.54) is 0 Å². The predicted molar refractivity (Wildman–Crippen MR) is 59.3 cm³/mol. The quantitative estimate of drug-likeness (QED) is 0.868. The molecule has 1 aromatic carbocycles. The number of benzene rings is 1. The third kappa shape index (κ3) is 2.26. The van der Waals surface area contributed by atoms with Crippen LogP contribution in [-0.2, 0) is 5.54 Å². The van der Waals surface area contributed by atoms with Gasteiger partial charge in [0.05, 0.1) is 23.7 Å². The van der Waals surface area contributed by atoms with Crippen molar-refractivity contribution in [3.05, 3.63) is 28.2 Å². The predicted octanol–water partition coefficient (Wildman–Crippen LogP) is 1.62. The van der Waals surface area contributed by atoms with Gasteiger partial charge in [0.25, 0.3) is 0 Å². The lowest BCUT2D eigenvalue weighted by Gasteiger charge is -2.22. The minimum absolute atomic E-state index is 0.0915. The summed E-state index contributed by atoms with van der Waals surface area (Å²) in [7, 11) is 1.60. The standard InChI is InChI=1S/C10H14BrNO2/c1-10(12,6-13)7-3-4-9(14-2)8(11)5-7/h3-5,13H,6,12H2,1-2H3/t10-/m0/s1. The number of aliphatic hydroxyl groups is 1. The van der Waals surface area contributed by atoms with Gasteiger partial charge < -0.3 is 15.6 Å². The Morgan fingerprint density at radius 3 is 2.64 bits per heavy atom. The molecule has 0 heterocycles. The molecular formula is C10H14BrNO2. The van der Waals surface area contributed by atoms with Crippen LogP contribution >= 0.6 is 15.9 Å². The Kier molecular flexibility index (Phi) is 3.53. The summed E-state index contributed by atoms with van der Waals surface area (Å²) in [5.74, 6) is 0.752. The van der Waals surface area contributed by atoms with Crippen LogP contribution in [0.25, 0.3) is 0 Å². The molecule has 3 N–H and O–H groups in total. The Morgan fingerprint density at radius 2 is 2.21 bits per heavy atom. The van der Waals surface area contributed by atoms with Crippen molar-refractivity contribution in [2.75, 3.05) is 13.7 Å². The van der Waals surface area contributed by atoms with Gasteiger partial charge in [-0.05, 0) is 40.5 Å². The number of halogens is 1. The van der Waals surface area contributed by atoms with Crippen LogP contribution in [0.1, 0.15) is 12.5 Å². The van der Waals surface area contributed by atoms with Crippen LogP contribution in [0.4, 0.5) is 0 Å². The first-order valence-electron chi connectivity index (χ1n) is 4.25. The molecule has 0 saturated heterocycles. The van der Waals surface area contributed by atoms with Crippen LogP contribution in [0.2, 0.25) is 0 Å². The second-order valence-corrected chi connectivity index (χ2v) is 4.28.